The van der Waals surface area contributed by atoms with Crippen molar-refractivity contribution in [3.8, 4) is 0 Å². The Morgan fingerprint density at radius 2 is 0.844 bits per heavy atom. The molecule has 0 aromatic heterocycles. The zero-order valence-corrected chi connectivity index (χ0v) is 18.3. The summed E-state index contributed by atoms with van der Waals surface area (Å²) >= 11 is 0. The molecule has 0 saturated heterocycles. The van der Waals surface area contributed by atoms with Crippen molar-refractivity contribution >= 4 is 68.8 Å². The molecule has 0 atom stereocenters. The minimum atomic E-state index is -4.00. The molecule has 0 unspecified atom stereocenters. The summed E-state index contributed by atoms with van der Waals surface area (Å²) in [7, 11) is 3.30. The smallest absolute Gasteiger partial charge is 0.262 e. The van der Waals surface area contributed by atoms with Crippen LogP contribution in [0.25, 0.3) is 10.8 Å². The average Bonchev–Trinajstić information content (AvgIpc) is 2.76. The molecule has 156 valence electrons. The van der Waals surface area contributed by atoms with Crippen LogP contribution in [-0.2, 0) is 20.0 Å². The fourth-order valence-corrected chi connectivity index (χ4v) is 5.81. The van der Waals surface area contributed by atoms with Crippen LogP contribution in [0.15, 0.2) is 94.7 Å². The Kier molecular flexibility index (Phi) is 5.75. The van der Waals surface area contributed by atoms with Gasteiger partial charge in [-0.15, -0.1) is 0 Å². The molecule has 0 fully saturated rings. The zero-order chi connectivity index (χ0) is 22.9. The molecule has 4 aromatic rings. The van der Waals surface area contributed by atoms with Gasteiger partial charge in [-0.2, -0.15) is 0 Å². The summed E-state index contributed by atoms with van der Waals surface area (Å²) < 4.78 is 57.3. The highest BCUT2D eigenvalue weighted by molar-refractivity contribution is 7.93. The Hall–Kier alpha value is -3.23. The van der Waals surface area contributed by atoms with E-state index in [0.29, 0.717) is 22.3 Å². The molecule has 6 nitrogen and oxygen atoms in total. The van der Waals surface area contributed by atoms with Crippen LogP contribution in [0, 0.1) is 0 Å². The topological polar surface area (TPSA) is 92.3 Å². The largest absolute Gasteiger partial charge is 0.280 e. The third kappa shape index (κ3) is 4.51. The first kappa shape index (κ1) is 22.0. The molecule has 4 rings (SSSR count). The lowest BCUT2D eigenvalue weighted by atomic mass is 9.96. The summed E-state index contributed by atoms with van der Waals surface area (Å²) in [6, 6.07) is 21.5. The molecule has 4 aromatic carbocycles. The Morgan fingerprint density at radius 3 is 1.19 bits per heavy atom. The third-order valence-electron chi connectivity index (χ3n) is 4.75. The van der Waals surface area contributed by atoms with Crippen molar-refractivity contribution in [1.29, 1.82) is 0 Å². The van der Waals surface area contributed by atoms with Crippen LogP contribution in [0.4, 0.5) is 11.4 Å². The molecule has 0 amide bonds. The first-order valence-electron chi connectivity index (χ1n) is 9.44. The summed E-state index contributed by atoms with van der Waals surface area (Å²) in [5.74, 6) is 0. The van der Waals surface area contributed by atoms with Gasteiger partial charge in [0.1, 0.15) is 15.7 Å². The van der Waals surface area contributed by atoms with Gasteiger partial charge in [0.05, 0.1) is 9.79 Å². The van der Waals surface area contributed by atoms with Crippen molar-refractivity contribution in [2.24, 2.45) is 0 Å². The van der Waals surface area contributed by atoms with Gasteiger partial charge in [-0.25, -0.2) is 16.8 Å². The maximum absolute atomic E-state index is 13.1. The highest BCUT2D eigenvalue weighted by atomic mass is 32.2. The number of anilines is 2. The highest BCUT2D eigenvalue weighted by Crippen LogP contribution is 2.30. The van der Waals surface area contributed by atoms with Crippen molar-refractivity contribution in [3.63, 3.8) is 0 Å². The van der Waals surface area contributed by atoms with Gasteiger partial charge in [-0.1, -0.05) is 59.5 Å². The lowest BCUT2D eigenvalue weighted by Crippen LogP contribution is -2.16. The number of fused-ring (bicyclic) bond motifs is 1. The lowest BCUT2D eigenvalue weighted by molar-refractivity contribution is 0.599. The van der Waals surface area contributed by atoms with Crippen molar-refractivity contribution < 1.29 is 16.8 Å². The summed E-state index contributed by atoms with van der Waals surface area (Å²) in [6.07, 6.45) is 0. The SMILES string of the molecule is [B]c1ccc(NS(=O)(=O)c2cccc3c(S(=O)(=O)Nc4ccc([B])cc4)cccc23)cc1. The summed E-state index contributed by atoms with van der Waals surface area (Å²) in [6.45, 7) is 0. The molecule has 0 bridgehead atoms. The molecule has 0 aliphatic carbocycles. The number of rotatable bonds is 6. The van der Waals surface area contributed by atoms with Gasteiger partial charge in [0.25, 0.3) is 20.0 Å². The van der Waals surface area contributed by atoms with Crippen LogP contribution >= 0.6 is 0 Å². The van der Waals surface area contributed by atoms with Gasteiger partial charge in [0, 0.05) is 22.1 Å². The molecule has 4 radical (unpaired) electrons. The second-order valence-corrected chi connectivity index (χ2v) is 10.4. The number of sulfonamides is 2. The van der Waals surface area contributed by atoms with E-state index in [0.717, 1.165) is 0 Å². The van der Waals surface area contributed by atoms with Gasteiger partial charge in [0.2, 0.25) is 0 Å². The van der Waals surface area contributed by atoms with Crippen molar-refractivity contribution in [1.82, 2.24) is 0 Å². The summed E-state index contributed by atoms with van der Waals surface area (Å²) in [5, 5.41) is 0.547. The Balaban J connectivity index is 1.77. The van der Waals surface area contributed by atoms with E-state index >= 15 is 0 Å². The predicted octanol–water partition coefficient (Wildman–Crippen LogP) is 2.03. The normalized spacial score (nSPS) is 11.9. The van der Waals surface area contributed by atoms with Crippen LogP contribution in [0.3, 0.4) is 0 Å². The second-order valence-electron chi connectivity index (χ2n) is 7.06. The molecule has 0 aliphatic heterocycles. The second kappa shape index (κ2) is 8.37. The fourth-order valence-electron chi connectivity index (χ4n) is 3.24. The number of hydrogen-bond acceptors (Lipinski definition) is 4. The molecule has 0 aliphatic rings. The van der Waals surface area contributed by atoms with E-state index in [4.69, 9.17) is 15.7 Å². The Labute approximate surface area is 189 Å². The molecule has 32 heavy (non-hydrogen) atoms. The van der Waals surface area contributed by atoms with Crippen molar-refractivity contribution in [2.75, 3.05) is 9.44 Å². The van der Waals surface area contributed by atoms with E-state index in [-0.39, 0.29) is 20.6 Å². The molecule has 2 N–H and O–H groups in total. The summed E-state index contributed by atoms with van der Waals surface area (Å²) in [4.78, 5) is -0.0901. The first-order valence-corrected chi connectivity index (χ1v) is 12.4. The van der Waals surface area contributed by atoms with Gasteiger partial charge < -0.3 is 0 Å². The standard InChI is InChI=1S/C22H16B2N2O4S2/c23-15-7-11-17(12-8-15)25-31(27,28)21-5-1-3-19-20(21)4-2-6-22(19)32(29,30)26-18-13-9-16(24)10-14-18/h1-14,25-26H. The molecule has 0 saturated carbocycles. The minimum Gasteiger partial charge on any atom is -0.280 e. The fraction of sp³-hybridized carbons (Fsp3) is 0. The van der Waals surface area contributed by atoms with Crippen LogP contribution in [0.2, 0.25) is 0 Å². The predicted molar refractivity (Wildman–Crippen MR) is 129 cm³/mol. The monoisotopic (exact) mass is 458 g/mol. The third-order valence-corrected chi connectivity index (χ3v) is 7.63. The molecule has 10 heteroatoms. The van der Waals surface area contributed by atoms with E-state index in [1.54, 1.807) is 60.7 Å². The number of nitrogens with one attached hydrogen (secondary N) is 2. The van der Waals surface area contributed by atoms with E-state index < -0.39 is 20.0 Å². The quantitative estimate of drug-likeness (QED) is 0.433. The maximum atomic E-state index is 13.1. The van der Waals surface area contributed by atoms with Gasteiger partial charge in [0.15, 0.2) is 0 Å². The Bertz CT molecular complexity index is 1390. The van der Waals surface area contributed by atoms with Crippen LogP contribution in [0.1, 0.15) is 0 Å². The van der Waals surface area contributed by atoms with E-state index in [2.05, 4.69) is 9.44 Å². The minimum absolute atomic E-state index is 0.0450. The maximum Gasteiger partial charge on any atom is 0.262 e. The summed E-state index contributed by atoms with van der Waals surface area (Å²) in [5.41, 5.74) is 1.68. The molecular formula is C22H16B2N2O4S2. The van der Waals surface area contributed by atoms with Crippen molar-refractivity contribution in [2.45, 2.75) is 9.79 Å². The van der Waals surface area contributed by atoms with Crippen LogP contribution in [-0.4, -0.2) is 32.5 Å². The molecule has 0 spiro atoms. The van der Waals surface area contributed by atoms with E-state index in [1.807, 2.05) is 0 Å². The highest BCUT2D eigenvalue weighted by Gasteiger charge is 2.22. The first-order chi connectivity index (χ1) is 15.2. The lowest BCUT2D eigenvalue weighted by Gasteiger charge is -2.14. The van der Waals surface area contributed by atoms with Gasteiger partial charge >= 0.3 is 0 Å². The van der Waals surface area contributed by atoms with Crippen LogP contribution < -0.4 is 20.4 Å². The van der Waals surface area contributed by atoms with Gasteiger partial charge in [-0.05, 0) is 36.4 Å². The van der Waals surface area contributed by atoms with Crippen molar-refractivity contribution in [3.05, 3.63) is 84.9 Å². The van der Waals surface area contributed by atoms with Crippen LogP contribution in [0.5, 0.6) is 0 Å². The zero-order valence-electron chi connectivity index (χ0n) is 16.7. The Morgan fingerprint density at radius 1 is 0.500 bits per heavy atom. The van der Waals surface area contributed by atoms with E-state index in [1.165, 1.54) is 24.3 Å². The average molecular weight is 458 g/mol. The number of hydrogen-bond donors (Lipinski definition) is 2. The van der Waals surface area contributed by atoms with E-state index in [9.17, 15) is 16.8 Å². The molecule has 0 heterocycles. The number of benzene rings is 4. The van der Waals surface area contributed by atoms with Gasteiger partial charge in [-0.3, -0.25) is 9.44 Å². The molecular weight excluding hydrogens is 442 g/mol.